The topological polar surface area (TPSA) is 88.8 Å². The van der Waals surface area contributed by atoms with Crippen LogP contribution >= 0.6 is 23.3 Å². The molecule has 0 atom stereocenters. The molecular weight excluding hydrogens is 347 g/mol. The Kier molecular flexibility index (Phi) is 4.93. The Labute approximate surface area is 146 Å². The lowest BCUT2D eigenvalue weighted by Gasteiger charge is -2.08. The Hall–Kier alpha value is -2.23. The van der Waals surface area contributed by atoms with Crippen LogP contribution in [0.4, 0.5) is 21.2 Å². The number of hydrogen-bond acceptors (Lipinski definition) is 8. The molecule has 1 aromatic carbocycles. The molecule has 0 radical (unpaired) electrons. The van der Waals surface area contributed by atoms with E-state index in [9.17, 15) is 4.39 Å². The average Bonchev–Trinajstić information content (AvgIpc) is 2.97. The molecule has 0 saturated carbocycles. The lowest BCUT2D eigenvalue weighted by Crippen LogP contribution is -2.00. The highest BCUT2D eigenvalue weighted by Crippen LogP contribution is 2.33. The summed E-state index contributed by atoms with van der Waals surface area (Å²) >= 11 is 2.50. The second kappa shape index (κ2) is 7.12. The van der Waals surface area contributed by atoms with Gasteiger partial charge in [-0.3, -0.25) is 5.14 Å². The fraction of sp³-hybridized carbons (Fsp3) is 0.133. The van der Waals surface area contributed by atoms with Crippen LogP contribution < -0.4 is 15.8 Å². The maximum Gasteiger partial charge on any atom is 0.227 e. The molecule has 0 aliphatic heterocycles. The summed E-state index contributed by atoms with van der Waals surface area (Å²) in [7, 11) is 1.77. The number of anilines is 3. The van der Waals surface area contributed by atoms with Crippen LogP contribution in [0.2, 0.25) is 0 Å². The highest BCUT2D eigenvalue weighted by Gasteiger charge is 2.16. The van der Waals surface area contributed by atoms with Crippen LogP contribution in [-0.2, 0) is 0 Å². The molecule has 6 nitrogen and oxygen atoms in total. The zero-order chi connectivity index (χ0) is 17.1. The minimum atomic E-state index is -0.485. The van der Waals surface area contributed by atoms with E-state index >= 15 is 0 Å². The van der Waals surface area contributed by atoms with Crippen molar-refractivity contribution in [1.82, 2.24) is 15.0 Å². The van der Waals surface area contributed by atoms with Crippen LogP contribution in [-0.4, -0.2) is 22.0 Å². The van der Waals surface area contributed by atoms with Gasteiger partial charge in [0.25, 0.3) is 0 Å². The van der Waals surface area contributed by atoms with Crippen LogP contribution in [0.1, 0.15) is 5.69 Å². The van der Waals surface area contributed by atoms with E-state index in [0.717, 1.165) is 34.4 Å². The van der Waals surface area contributed by atoms with Gasteiger partial charge in [-0.05, 0) is 37.1 Å². The highest BCUT2D eigenvalue weighted by atomic mass is 32.2. The fourth-order valence-electron chi connectivity index (χ4n) is 2.09. The largest absolute Gasteiger partial charge is 0.365 e. The molecule has 0 aliphatic carbocycles. The van der Waals surface area contributed by atoms with Gasteiger partial charge in [-0.1, -0.05) is 17.4 Å². The van der Waals surface area contributed by atoms with Crippen molar-refractivity contribution in [2.75, 3.05) is 17.7 Å². The fourth-order valence-corrected chi connectivity index (χ4v) is 3.35. The molecule has 3 rings (SSSR count). The number of nitrogens with two attached hydrogens (primary N) is 1. The molecule has 0 aliphatic rings. The van der Waals surface area contributed by atoms with Crippen molar-refractivity contribution in [3.8, 4) is 10.6 Å². The van der Waals surface area contributed by atoms with E-state index in [4.69, 9.17) is 5.14 Å². The number of aryl methyl sites for hydroxylation is 1. The first kappa shape index (κ1) is 16.6. The summed E-state index contributed by atoms with van der Waals surface area (Å²) < 4.78 is 14.2. The van der Waals surface area contributed by atoms with Crippen molar-refractivity contribution in [2.45, 2.75) is 11.8 Å². The van der Waals surface area contributed by atoms with Crippen LogP contribution in [0.3, 0.4) is 0 Å². The first-order chi connectivity index (χ1) is 11.6. The minimum absolute atomic E-state index is 0.230. The first-order valence-electron chi connectivity index (χ1n) is 7.02. The maximum absolute atomic E-state index is 14.2. The number of aromatic nitrogens is 3. The molecule has 0 spiro atoms. The van der Waals surface area contributed by atoms with E-state index in [1.807, 2.05) is 31.2 Å². The van der Waals surface area contributed by atoms with E-state index in [0.29, 0.717) is 16.0 Å². The smallest absolute Gasteiger partial charge is 0.227 e. The van der Waals surface area contributed by atoms with Crippen molar-refractivity contribution in [3.05, 3.63) is 42.0 Å². The molecule has 0 amide bonds. The lowest BCUT2D eigenvalue weighted by molar-refractivity contribution is 0.619. The Morgan fingerprint density at radius 1 is 1.29 bits per heavy atom. The summed E-state index contributed by atoms with van der Waals surface area (Å²) in [5, 5.41) is 12.3. The molecule has 4 N–H and O–H groups in total. The summed E-state index contributed by atoms with van der Waals surface area (Å²) in [6, 6.07) is 7.50. The van der Waals surface area contributed by atoms with Crippen molar-refractivity contribution in [1.29, 1.82) is 0 Å². The molecule has 3 aromatic rings. The van der Waals surface area contributed by atoms with Crippen molar-refractivity contribution in [2.24, 2.45) is 5.14 Å². The monoisotopic (exact) mass is 362 g/mol. The van der Waals surface area contributed by atoms with Crippen molar-refractivity contribution in [3.63, 3.8) is 0 Å². The van der Waals surface area contributed by atoms with Crippen LogP contribution in [0.25, 0.3) is 10.6 Å². The number of thiazole rings is 1. The van der Waals surface area contributed by atoms with E-state index in [1.54, 1.807) is 7.05 Å². The number of hydrogen-bond donors (Lipinski definition) is 3. The van der Waals surface area contributed by atoms with Gasteiger partial charge in [0.05, 0.1) is 16.8 Å². The van der Waals surface area contributed by atoms with Gasteiger partial charge in [-0.15, -0.1) is 0 Å². The summed E-state index contributed by atoms with van der Waals surface area (Å²) in [6.07, 6.45) is 1.16. The summed E-state index contributed by atoms with van der Waals surface area (Å²) in [5.74, 6) is -0.175. The van der Waals surface area contributed by atoms with Crippen molar-refractivity contribution < 1.29 is 4.39 Å². The molecule has 0 saturated heterocycles. The van der Waals surface area contributed by atoms with Gasteiger partial charge in [-0.2, -0.15) is 0 Å². The second-order valence-corrected chi connectivity index (χ2v) is 6.55. The van der Waals surface area contributed by atoms with Gasteiger partial charge in [0.2, 0.25) is 5.95 Å². The summed E-state index contributed by atoms with van der Waals surface area (Å²) in [6.45, 7) is 1.82. The van der Waals surface area contributed by atoms with Gasteiger partial charge >= 0.3 is 0 Å². The first-order valence-corrected chi connectivity index (χ1v) is 8.72. The molecule has 0 unspecified atom stereocenters. The molecule has 24 heavy (non-hydrogen) atoms. The third-order valence-electron chi connectivity index (χ3n) is 3.20. The van der Waals surface area contributed by atoms with Crippen molar-refractivity contribution >= 4 is 40.1 Å². The minimum Gasteiger partial charge on any atom is -0.365 e. The van der Waals surface area contributed by atoms with E-state index in [1.165, 1.54) is 11.3 Å². The zero-order valence-electron chi connectivity index (χ0n) is 13.0. The number of benzene rings is 1. The van der Waals surface area contributed by atoms with Gasteiger partial charge < -0.3 is 10.6 Å². The Morgan fingerprint density at radius 3 is 2.83 bits per heavy atom. The molecule has 124 valence electrons. The van der Waals surface area contributed by atoms with E-state index in [2.05, 4.69) is 25.6 Å². The number of rotatable bonds is 5. The Balaban J connectivity index is 1.95. The number of halogens is 1. The van der Waals surface area contributed by atoms with Gasteiger partial charge in [0, 0.05) is 17.6 Å². The SMILES string of the molecule is CNc1nc(C)c(-c2nc(Nc3cccc(SN)c3)ncc2F)s1. The molecule has 0 fully saturated rings. The molecule has 2 aromatic heterocycles. The quantitative estimate of drug-likeness (QED) is 0.595. The third kappa shape index (κ3) is 3.48. The summed E-state index contributed by atoms with van der Waals surface area (Å²) in [5.41, 5.74) is 1.72. The Morgan fingerprint density at radius 2 is 2.12 bits per heavy atom. The maximum atomic E-state index is 14.2. The zero-order valence-corrected chi connectivity index (χ0v) is 14.6. The Bertz CT molecular complexity index is 867. The number of nitrogens with zero attached hydrogens (tertiary/aromatic N) is 3. The van der Waals surface area contributed by atoms with E-state index < -0.39 is 5.82 Å². The van der Waals surface area contributed by atoms with Crippen LogP contribution in [0.15, 0.2) is 35.4 Å². The van der Waals surface area contributed by atoms with E-state index in [-0.39, 0.29) is 5.69 Å². The predicted octanol–water partition coefficient (Wildman–Crippen LogP) is 3.80. The molecule has 0 bridgehead atoms. The normalized spacial score (nSPS) is 10.7. The lowest BCUT2D eigenvalue weighted by atomic mass is 10.3. The van der Waals surface area contributed by atoms with Gasteiger partial charge in [0.1, 0.15) is 5.69 Å². The molecule has 9 heteroatoms. The van der Waals surface area contributed by atoms with Crippen LogP contribution in [0, 0.1) is 12.7 Å². The number of nitrogens with one attached hydrogen (secondary N) is 2. The molecular formula is C15H15FN6S2. The molecule has 2 heterocycles. The standard InChI is InChI=1S/C15H15FN6S2/c1-8-13(23-15(18-2)20-8)12-11(16)7-19-14(22-12)21-9-4-3-5-10(6-9)24-17/h3-7H,17H2,1-2H3,(H,18,20)(H,19,21,22). The third-order valence-corrected chi connectivity index (χ3v) is 4.90. The summed E-state index contributed by atoms with van der Waals surface area (Å²) in [4.78, 5) is 14.2. The highest BCUT2D eigenvalue weighted by molar-refractivity contribution is 7.97. The average molecular weight is 362 g/mol. The predicted molar refractivity (Wildman–Crippen MR) is 97.2 cm³/mol. The van der Waals surface area contributed by atoms with Gasteiger partial charge in [0.15, 0.2) is 10.9 Å². The van der Waals surface area contributed by atoms with Gasteiger partial charge in [-0.25, -0.2) is 19.3 Å². The van der Waals surface area contributed by atoms with Crippen LogP contribution in [0.5, 0.6) is 0 Å². The second-order valence-electron chi connectivity index (χ2n) is 4.84.